The number of ether oxygens (including phenoxy) is 1. The van der Waals surface area contributed by atoms with E-state index >= 15 is 0 Å². The quantitative estimate of drug-likeness (QED) is 0.931. The Morgan fingerprint density at radius 1 is 1.18 bits per heavy atom. The number of amides is 1. The first-order valence-corrected chi connectivity index (χ1v) is 8.35. The molecule has 0 radical (unpaired) electrons. The summed E-state index contributed by atoms with van der Waals surface area (Å²) in [5.74, 6) is 0.426. The molecule has 2 fully saturated rings. The van der Waals surface area contributed by atoms with Gasteiger partial charge in [0.15, 0.2) is 0 Å². The molecule has 4 nitrogen and oxygen atoms in total. The van der Waals surface area contributed by atoms with Gasteiger partial charge in [-0.2, -0.15) is 0 Å². The number of carbonyl (C=O) groups excluding carboxylic acids is 1. The predicted octanol–water partition coefficient (Wildman–Crippen LogP) is 3.34. The highest BCUT2D eigenvalue weighted by Crippen LogP contribution is 2.40. The van der Waals surface area contributed by atoms with Gasteiger partial charge in [0.05, 0.1) is 5.60 Å². The second kappa shape index (κ2) is 6.69. The number of hydrogen-bond acceptors (Lipinski definition) is 3. The van der Waals surface area contributed by atoms with Crippen molar-refractivity contribution in [2.75, 3.05) is 13.1 Å². The smallest absolute Gasteiger partial charge is 0.410 e. The van der Waals surface area contributed by atoms with Crippen molar-refractivity contribution in [2.45, 2.75) is 50.7 Å². The topological polar surface area (TPSA) is 49.8 Å². The van der Waals surface area contributed by atoms with Gasteiger partial charge in [-0.15, -0.1) is 0 Å². The van der Waals surface area contributed by atoms with Gasteiger partial charge in [-0.25, -0.2) is 4.79 Å². The maximum absolute atomic E-state index is 12.1. The van der Waals surface area contributed by atoms with Crippen molar-refractivity contribution in [1.82, 2.24) is 4.90 Å². The van der Waals surface area contributed by atoms with Gasteiger partial charge in [-0.05, 0) is 37.2 Å². The zero-order valence-corrected chi connectivity index (χ0v) is 13.0. The highest BCUT2D eigenvalue weighted by molar-refractivity contribution is 5.67. The van der Waals surface area contributed by atoms with E-state index in [9.17, 15) is 9.90 Å². The Kier molecular flexibility index (Phi) is 4.67. The molecule has 1 heterocycles. The van der Waals surface area contributed by atoms with Crippen LogP contribution in [0, 0.1) is 5.92 Å². The van der Waals surface area contributed by atoms with E-state index in [4.69, 9.17) is 4.74 Å². The minimum absolute atomic E-state index is 0.266. The van der Waals surface area contributed by atoms with Crippen LogP contribution in [-0.4, -0.2) is 34.8 Å². The molecule has 0 bridgehead atoms. The van der Waals surface area contributed by atoms with Gasteiger partial charge in [-0.1, -0.05) is 43.2 Å². The molecule has 1 aromatic rings. The molecule has 1 saturated heterocycles. The van der Waals surface area contributed by atoms with Crippen molar-refractivity contribution < 1.29 is 14.6 Å². The van der Waals surface area contributed by atoms with E-state index < -0.39 is 5.60 Å². The third-order valence-electron chi connectivity index (χ3n) is 5.21. The summed E-state index contributed by atoms with van der Waals surface area (Å²) in [6, 6.07) is 9.71. The molecule has 0 unspecified atom stereocenters. The van der Waals surface area contributed by atoms with Gasteiger partial charge in [0.1, 0.15) is 6.61 Å². The molecule has 2 aliphatic rings. The van der Waals surface area contributed by atoms with E-state index in [1.165, 1.54) is 12.8 Å². The summed E-state index contributed by atoms with van der Waals surface area (Å²) in [5.41, 5.74) is 0.433. The molecule has 1 aliphatic heterocycles. The third kappa shape index (κ3) is 3.43. The summed E-state index contributed by atoms with van der Waals surface area (Å²) in [6.45, 7) is 1.50. The Morgan fingerprint density at radius 2 is 1.82 bits per heavy atom. The zero-order chi connectivity index (χ0) is 15.4. The highest BCUT2D eigenvalue weighted by Gasteiger charge is 2.41. The predicted molar refractivity (Wildman–Crippen MR) is 84.3 cm³/mol. The Balaban J connectivity index is 1.47. The summed E-state index contributed by atoms with van der Waals surface area (Å²) < 4.78 is 5.37. The van der Waals surface area contributed by atoms with Gasteiger partial charge in [0.25, 0.3) is 0 Å². The second-order valence-electron chi connectivity index (χ2n) is 6.61. The van der Waals surface area contributed by atoms with E-state index in [0.29, 0.717) is 38.5 Å². The summed E-state index contributed by atoms with van der Waals surface area (Å²) in [7, 11) is 0. The zero-order valence-electron chi connectivity index (χ0n) is 13.0. The fourth-order valence-corrected chi connectivity index (χ4v) is 3.76. The second-order valence-corrected chi connectivity index (χ2v) is 6.61. The lowest BCUT2D eigenvalue weighted by molar-refractivity contribution is -0.0630. The molecule has 4 heteroatoms. The average molecular weight is 303 g/mol. The summed E-state index contributed by atoms with van der Waals surface area (Å²) in [6.07, 6.45) is 5.82. The molecular weight excluding hydrogens is 278 g/mol. The molecule has 1 saturated carbocycles. The van der Waals surface area contributed by atoms with Crippen molar-refractivity contribution in [1.29, 1.82) is 0 Å². The Morgan fingerprint density at radius 3 is 2.45 bits per heavy atom. The molecule has 120 valence electrons. The number of hydrogen-bond donors (Lipinski definition) is 1. The molecule has 22 heavy (non-hydrogen) atoms. The first-order valence-electron chi connectivity index (χ1n) is 8.35. The molecule has 1 N–H and O–H groups in total. The van der Waals surface area contributed by atoms with Crippen LogP contribution in [0.15, 0.2) is 30.3 Å². The van der Waals surface area contributed by atoms with Crippen LogP contribution in [0.4, 0.5) is 4.79 Å². The van der Waals surface area contributed by atoms with Gasteiger partial charge in [0.2, 0.25) is 0 Å². The molecule has 1 aliphatic carbocycles. The molecule has 0 aromatic heterocycles. The van der Waals surface area contributed by atoms with Crippen LogP contribution in [0.3, 0.4) is 0 Å². The van der Waals surface area contributed by atoms with Crippen LogP contribution in [0.25, 0.3) is 0 Å². The lowest BCUT2D eigenvalue weighted by Gasteiger charge is -2.41. The first-order chi connectivity index (χ1) is 10.7. The molecule has 0 atom stereocenters. The Bertz CT molecular complexity index is 488. The number of benzene rings is 1. The van der Waals surface area contributed by atoms with Crippen molar-refractivity contribution in [3.8, 4) is 0 Å². The number of rotatable bonds is 3. The van der Waals surface area contributed by atoms with Crippen molar-refractivity contribution in [3.05, 3.63) is 35.9 Å². The summed E-state index contributed by atoms with van der Waals surface area (Å²) in [5, 5.41) is 10.8. The fraction of sp³-hybridized carbons (Fsp3) is 0.611. The lowest BCUT2D eigenvalue weighted by atomic mass is 9.78. The van der Waals surface area contributed by atoms with E-state index in [-0.39, 0.29) is 6.09 Å². The normalized spacial score (nSPS) is 21.8. The van der Waals surface area contributed by atoms with Gasteiger partial charge < -0.3 is 14.7 Å². The van der Waals surface area contributed by atoms with E-state index in [1.807, 2.05) is 30.3 Å². The van der Waals surface area contributed by atoms with E-state index in [1.54, 1.807) is 4.90 Å². The number of nitrogens with zero attached hydrogens (tertiary/aromatic N) is 1. The number of aliphatic hydroxyl groups is 1. The minimum Gasteiger partial charge on any atom is -0.445 e. The first kappa shape index (κ1) is 15.3. The van der Waals surface area contributed by atoms with Crippen LogP contribution in [0.2, 0.25) is 0 Å². The summed E-state index contributed by atoms with van der Waals surface area (Å²) >= 11 is 0. The van der Waals surface area contributed by atoms with Crippen LogP contribution in [-0.2, 0) is 11.3 Å². The van der Waals surface area contributed by atoms with E-state index in [0.717, 1.165) is 18.4 Å². The van der Waals surface area contributed by atoms with Gasteiger partial charge in [0, 0.05) is 13.1 Å². The highest BCUT2D eigenvalue weighted by atomic mass is 16.6. The SMILES string of the molecule is O=C(OCc1ccccc1)N1CCC(O)(C2CCCC2)CC1. The molecular formula is C18H25NO3. The molecule has 0 spiro atoms. The molecule has 1 amide bonds. The number of piperidine rings is 1. The Hall–Kier alpha value is -1.55. The Labute approximate surface area is 132 Å². The van der Waals surface area contributed by atoms with Crippen molar-refractivity contribution in [2.24, 2.45) is 5.92 Å². The van der Waals surface area contributed by atoms with E-state index in [2.05, 4.69) is 0 Å². The number of carbonyl (C=O) groups is 1. The number of likely N-dealkylation sites (tertiary alicyclic amines) is 1. The third-order valence-corrected chi connectivity index (χ3v) is 5.21. The monoisotopic (exact) mass is 303 g/mol. The van der Waals surface area contributed by atoms with Crippen LogP contribution < -0.4 is 0 Å². The van der Waals surface area contributed by atoms with Gasteiger partial charge in [-0.3, -0.25) is 0 Å². The van der Waals surface area contributed by atoms with Crippen molar-refractivity contribution >= 4 is 6.09 Å². The maximum Gasteiger partial charge on any atom is 0.410 e. The fourth-order valence-electron chi connectivity index (χ4n) is 3.76. The minimum atomic E-state index is -0.563. The maximum atomic E-state index is 12.1. The lowest BCUT2D eigenvalue weighted by Crippen LogP contribution is -2.50. The van der Waals surface area contributed by atoms with Crippen LogP contribution in [0.1, 0.15) is 44.1 Å². The molecule has 3 rings (SSSR count). The van der Waals surface area contributed by atoms with Gasteiger partial charge >= 0.3 is 6.09 Å². The summed E-state index contributed by atoms with van der Waals surface area (Å²) in [4.78, 5) is 13.9. The standard InChI is InChI=1S/C18H25NO3/c20-17(22-14-15-6-2-1-3-7-15)19-12-10-18(21,11-13-19)16-8-4-5-9-16/h1-3,6-7,16,21H,4-5,8-14H2. The molecule has 1 aromatic carbocycles. The van der Waals surface area contributed by atoms with Crippen molar-refractivity contribution in [3.63, 3.8) is 0 Å². The van der Waals surface area contributed by atoms with Crippen LogP contribution >= 0.6 is 0 Å². The largest absolute Gasteiger partial charge is 0.445 e. The average Bonchev–Trinajstić information content (AvgIpc) is 3.10. The van der Waals surface area contributed by atoms with Crippen LogP contribution in [0.5, 0.6) is 0 Å².